The Morgan fingerprint density at radius 2 is 2.00 bits per heavy atom. The van der Waals surface area contributed by atoms with Crippen LogP contribution in [0.15, 0.2) is 24.3 Å². The molecule has 0 unspecified atom stereocenters. The van der Waals surface area contributed by atoms with Gasteiger partial charge in [0.25, 0.3) is 0 Å². The average molecular weight is 321 g/mol. The molecule has 0 aliphatic heterocycles. The molecule has 1 aromatic carbocycles. The lowest BCUT2D eigenvalue weighted by atomic mass is 9.64. The number of hydrogen-bond acceptors (Lipinski definition) is 2. The summed E-state index contributed by atoms with van der Waals surface area (Å²) >= 11 is 0. The van der Waals surface area contributed by atoms with E-state index in [1.54, 1.807) is 6.07 Å². The molecule has 1 aromatic rings. The van der Waals surface area contributed by atoms with Crippen LogP contribution in [-0.4, -0.2) is 23.5 Å². The van der Waals surface area contributed by atoms with E-state index in [0.717, 1.165) is 37.7 Å². The molecule has 0 spiro atoms. The number of benzene rings is 1. The fourth-order valence-corrected chi connectivity index (χ4v) is 3.09. The molecule has 0 aromatic heterocycles. The van der Waals surface area contributed by atoms with Gasteiger partial charge in [0.05, 0.1) is 5.41 Å². The molecule has 0 radical (unpaired) electrons. The summed E-state index contributed by atoms with van der Waals surface area (Å²) in [5, 5.41) is 11.5. The van der Waals surface area contributed by atoms with Crippen molar-refractivity contribution in [1.82, 2.24) is 5.32 Å². The van der Waals surface area contributed by atoms with Crippen LogP contribution in [-0.2, 0) is 16.0 Å². The van der Waals surface area contributed by atoms with Gasteiger partial charge in [0, 0.05) is 13.0 Å². The number of amides is 1. The van der Waals surface area contributed by atoms with E-state index in [4.69, 9.17) is 5.11 Å². The number of carboxylic acid groups (broad SMARTS) is 1. The van der Waals surface area contributed by atoms with Crippen molar-refractivity contribution in [3.63, 3.8) is 0 Å². The maximum atomic E-state index is 13.3. The third-order valence-corrected chi connectivity index (χ3v) is 4.58. The molecule has 1 aliphatic rings. The van der Waals surface area contributed by atoms with Gasteiger partial charge in [-0.05, 0) is 49.8 Å². The van der Waals surface area contributed by atoms with Crippen LogP contribution in [0.25, 0.3) is 0 Å². The minimum Gasteiger partial charge on any atom is -0.481 e. The normalized spacial score (nSPS) is 15.7. The van der Waals surface area contributed by atoms with Gasteiger partial charge in [0.2, 0.25) is 5.91 Å². The largest absolute Gasteiger partial charge is 0.481 e. The highest BCUT2D eigenvalue weighted by atomic mass is 19.1. The van der Waals surface area contributed by atoms with Gasteiger partial charge in [0.1, 0.15) is 5.82 Å². The van der Waals surface area contributed by atoms with Gasteiger partial charge in [-0.15, -0.1) is 0 Å². The lowest BCUT2D eigenvalue weighted by Gasteiger charge is -2.40. The fraction of sp³-hybridized carbons (Fsp3) is 0.556. The number of hydrogen-bond donors (Lipinski definition) is 2. The Morgan fingerprint density at radius 3 is 2.61 bits per heavy atom. The van der Waals surface area contributed by atoms with E-state index in [2.05, 4.69) is 5.32 Å². The van der Waals surface area contributed by atoms with Crippen molar-refractivity contribution < 1.29 is 19.1 Å². The van der Waals surface area contributed by atoms with Crippen molar-refractivity contribution in [3.05, 3.63) is 35.6 Å². The Labute approximate surface area is 136 Å². The maximum absolute atomic E-state index is 13.3. The molecule has 4 nitrogen and oxygen atoms in total. The Kier molecular flexibility index (Phi) is 6.13. The maximum Gasteiger partial charge on any atom is 0.303 e. The number of carboxylic acids is 1. The first-order valence-electron chi connectivity index (χ1n) is 8.26. The van der Waals surface area contributed by atoms with Crippen LogP contribution < -0.4 is 5.32 Å². The Balaban J connectivity index is 1.78. The number of nitrogens with one attached hydrogen (secondary N) is 1. The van der Waals surface area contributed by atoms with Gasteiger partial charge < -0.3 is 10.4 Å². The van der Waals surface area contributed by atoms with Crippen LogP contribution in [0.1, 0.15) is 50.5 Å². The van der Waals surface area contributed by atoms with Crippen molar-refractivity contribution in [2.45, 2.75) is 51.4 Å². The number of rotatable bonds is 9. The van der Waals surface area contributed by atoms with Gasteiger partial charge in [-0.3, -0.25) is 9.59 Å². The number of halogens is 1. The first kappa shape index (κ1) is 17.4. The molecule has 1 amide bonds. The molecule has 5 heteroatoms. The fourth-order valence-electron chi connectivity index (χ4n) is 3.09. The molecule has 0 atom stereocenters. The zero-order chi connectivity index (χ0) is 16.7. The monoisotopic (exact) mass is 321 g/mol. The molecule has 0 saturated heterocycles. The van der Waals surface area contributed by atoms with Crippen molar-refractivity contribution in [2.75, 3.05) is 6.54 Å². The molecular formula is C18H24FNO3. The third-order valence-electron chi connectivity index (χ3n) is 4.58. The highest BCUT2D eigenvalue weighted by Crippen LogP contribution is 2.44. The van der Waals surface area contributed by atoms with Crippen LogP contribution in [0.3, 0.4) is 0 Å². The number of aliphatic carboxylic acids is 1. The zero-order valence-electron chi connectivity index (χ0n) is 13.3. The number of unbranched alkanes of at least 4 members (excludes halogenated alkanes) is 2. The first-order chi connectivity index (χ1) is 11.0. The van der Waals surface area contributed by atoms with Crippen LogP contribution in [0.4, 0.5) is 4.39 Å². The molecule has 1 aliphatic carbocycles. The lowest BCUT2D eigenvalue weighted by molar-refractivity contribution is -0.137. The van der Waals surface area contributed by atoms with Gasteiger partial charge >= 0.3 is 5.97 Å². The summed E-state index contributed by atoms with van der Waals surface area (Å²) in [6, 6.07) is 6.45. The van der Waals surface area contributed by atoms with Crippen LogP contribution >= 0.6 is 0 Å². The molecule has 126 valence electrons. The van der Waals surface area contributed by atoms with E-state index in [9.17, 15) is 14.0 Å². The minimum atomic E-state index is -0.780. The van der Waals surface area contributed by atoms with Crippen LogP contribution in [0.5, 0.6) is 0 Å². The van der Waals surface area contributed by atoms with Crippen molar-refractivity contribution in [3.8, 4) is 0 Å². The topological polar surface area (TPSA) is 66.4 Å². The summed E-state index contributed by atoms with van der Waals surface area (Å²) in [5.74, 6) is -1.00. The summed E-state index contributed by atoms with van der Waals surface area (Å²) in [4.78, 5) is 22.9. The van der Waals surface area contributed by atoms with E-state index in [1.807, 2.05) is 6.07 Å². The zero-order valence-corrected chi connectivity index (χ0v) is 13.3. The van der Waals surface area contributed by atoms with Crippen LogP contribution in [0, 0.1) is 11.2 Å². The average Bonchev–Trinajstić information content (AvgIpc) is 2.46. The molecule has 23 heavy (non-hydrogen) atoms. The Morgan fingerprint density at radius 1 is 1.22 bits per heavy atom. The molecule has 1 fully saturated rings. The smallest absolute Gasteiger partial charge is 0.303 e. The van der Waals surface area contributed by atoms with E-state index < -0.39 is 11.4 Å². The predicted octanol–water partition coefficient (Wildman–Crippen LogP) is 3.30. The molecule has 2 rings (SSSR count). The lowest BCUT2D eigenvalue weighted by Crippen LogP contribution is -2.47. The summed E-state index contributed by atoms with van der Waals surface area (Å²) in [5.41, 5.74) is 0.468. The van der Waals surface area contributed by atoms with Crippen molar-refractivity contribution >= 4 is 11.9 Å². The van der Waals surface area contributed by atoms with Gasteiger partial charge in [-0.25, -0.2) is 4.39 Å². The summed E-state index contributed by atoms with van der Waals surface area (Å²) in [6.45, 7) is 0.573. The van der Waals surface area contributed by atoms with Crippen molar-refractivity contribution in [2.24, 2.45) is 5.41 Å². The first-order valence-corrected chi connectivity index (χ1v) is 8.26. The van der Waals surface area contributed by atoms with Gasteiger partial charge in [-0.2, -0.15) is 0 Å². The third kappa shape index (κ3) is 5.05. The second kappa shape index (κ2) is 8.09. The molecule has 0 bridgehead atoms. The molecular weight excluding hydrogens is 297 g/mol. The minimum absolute atomic E-state index is 0.0474. The second-order valence-electron chi connectivity index (χ2n) is 6.40. The standard InChI is InChI=1S/C18H24FNO3/c19-15-7-4-6-14(12-15)13-18(9-5-10-18)17(23)20-11-3-1-2-8-16(21)22/h4,6-7,12H,1-3,5,8-11,13H2,(H,20,23)(H,21,22). The highest BCUT2D eigenvalue weighted by molar-refractivity contribution is 5.83. The van der Waals surface area contributed by atoms with E-state index in [-0.39, 0.29) is 18.1 Å². The Hall–Kier alpha value is -1.91. The van der Waals surface area contributed by atoms with E-state index in [0.29, 0.717) is 19.4 Å². The van der Waals surface area contributed by atoms with E-state index in [1.165, 1.54) is 12.1 Å². The quantitative estimate of drug-likeness (QED) is 0.686. The molecule has 2 N–H and O–H groups in total. The molecule has 0 heterocycles. The van der Waals surface area contributed by atoms with Gasteiger partial charge in [-0.1, -0.05) is 25.0 Å². The van der Waals surface area contributed by atoms with Gasteiger partial charge in [0.15, 0.2) is 0 Å². The van der Waals surface area contributed by atoms with E-state index >= 15 is 0 Å². The summed E-state index contributed by atoms with van der Waals surface area (Å²) < 4.78 is 13.3. The van der Waals surface area contributed by atoms with Crippen LogP contribution in [0.2, 0.25) is 0 Å². The predicted molar refractivity (Wildman–Crippen MR) is 85.5 cm³/mol. The Bertz CT molecular complexity index is 555. The summed E-state index contributed by atoms with van der Waals surface area (Å²) in [6.07, 6.45) is 5.69. The molecule has 1 saturated carbocycles. The number of carbonyl (C=O) groups is 2. The van der Waals surface area contributed by atoms with Crippen molar-refractivity contribution in [1.29, 1.82) is 0 Å². The SMILES string of the molecule is O=C(O)CCCCCNC(=O)C1(Cc2cccc(F)c2)CCC1. The number of carbonyl (C=O) groups excluding carboxylic acids is 1. The highest BCUT2D eigenvalue weighted by Gasteiger charge is 2.43. The second-order valence-corrected chi connectivity index (χ2v) is 6.40. The summed E-state index contributed by atoms with van der Waals surface area (Å²) in [7, 11) is 0.